The molecule has 6 nitrogen and oxygen atoms in total. The fourth-order valence-corrected chi connectivity index (χ4v) is 4.69. The number of benzene rings is 2. The van der Waals surface area contributed by atoms with Crippen molar-refractivity contribution in [2.24, 2.45) is 0 Å². The number of ether oxygens (including phenoxy) is 5. The van der Waals surface area contributed by atoms with Gasteiger partial charge in [0.2, 0.25) is 0 Å². The van der Waals surface area contributed by atoms with Crippen molar-refractivity contribution in [2.45, 2.75) is 41.0 Å². The smallest absolute Gasteiger partial charge is 0.424 e. The molecule has 3 fully saturated rings. The van der Waals surface area contributed by atoms with E-state index in [0.29, 0.717) is 6.61 Å². The first-order chi connectivity index (χ1) is 13.3. The highest BCUT2D eigenvalue weighted by molar-refractivity contribution is 7.99. The van der Waals surface area contributed by atoms with E-state index in [-0.39, 0.29) is 11.5 Å². The van der Waals surface area contributed by atoms with E-state index in [9.17, 15) is 4.79 Å². The molecule has 6 atom stereocenters. The van der Waals surface area contributed by atoms with Gasteiger partial charge < -0.3 is 23.7 Å². The van der Waals surface area contributed by atoms with Crippen molar-refractivity contribution in [2.75, 3.05) is 6.61 Å². The molecule has 2 aromatic carbocycles. The molecule has 0 spiro atoms. The number of hydrogen-bond acceptors (Lipinski definition) is 7. The van der Waals surface area contributed by atoms with Gasteiger partial charge in [-0.25, -0.2) is 4.79 Å². The Morgan fingerprint density at radius 3 is 2.30 bits per heavy atom. The van der Waals surface area contributed by atoms with Gasteiger partial charge in [0.1, 0.15) is 17.6 Å². The summed E-state index contributed by atoms with van der Waals surface area (Å²) in [5, 5.41) is 0. The SMILES string of the molecule is O=C1O[C@@H]2[C@H](O1)[C@@H](Sc1ccccc1)O[C@@H]1COC(c3ccccc3)O[C@@H]21. The maximum atomic E-state index is 11.8. The molecule has 7 heteroatoms. The lowest BCUT2D eigenvalue weighted by Gasteiger charge is -2.45. The third-order valence-electron chi connectivity index (χ3n) is 4.82. The molecule has 3 saturated heterocycles. The molecule has 5 rings (SSSR count). The third-order valence-corrected chi connectivity index (χ3v) is 5.97. The monoisotopic (exact) mass is 386 g/mol. The van der Waals surface area contributed by atoms with Crippen molar-refractivity contribution in [3.63, 3.8) is 0 Å². The summed E-state index contributed by atoms with van der Waals surface area (Å²) in [5.41, 5.74) is 0.532. The number of rotatable bonds is 3. The summed E-state index contributed by atoms with van der Waals surface area (Å²) in [6.07, 6.45) is -3.02. The molecule has 0 aromatic heterocycles. The molecule has 0 saturated carbocycles. The van der Waals surface area contributed by atoms with Crippen LogP contribution in [0.4, 0.5) is 4.79 Å². The van der Waals surface area contributed by atoms with E-state index in [1.54, 1.807) is 0 Å². The lowest BCUT2D eigenvalue weighted by atomic mass is 9.99. The van der Waals surface area contributed by atoms with Crippen LogP contribution in [-0.2, 0) is 23.7 Å². The average Bonchev–Trinajstić information content (AvgIpc) is 3.11. The summed E-state index contributed by atoms with van der Waals surface area (Å²) >= 11 is 1.51. The van der Waals surface area contributed by atoms with Gasteiger partial charge in [-0.05, 0) is 12.1 Å². The molecule has 3 aliphatic rings. The van der Waals surface area contributed by atoms with E-state index >= 15 is 0 Å². The standard InChI is InChI=1S/C20H18O6S/c21-20-25-16-15-14(11-22-18(24-15)12-7-3-1-4-8-12)23-19(17(16)26-20)27-13-9-5-2-6-10-13/h1-10,14-19H,11H2/t14-,15-,16+,17+,18?,19-/m1/s1. The largest absolute Gasteiger partial charge is 0.509 e. The van der Waals surface area contributed by atoms with E-state index in [4.69, 9.17) is 23.7 Å². The highest BCUT2D eigenvalue weighted by Crippen LogP contribution is 2.43. The van der Waals surface area contributed by atoms with Crippen LogP contribution in [0.2, 0.25) is 0 Å². The van der Waals surface area contributed by atoms with Gasteiger partial charge in [-0.1, -0.05) is 60.3 Å². The summed E-state index contributed by atoms with van der Waals surface area (Å²) in [7, 11) is 0. The van der Waals surface area contributed by atoms with Crippen LogP contribution in [0, 0.1) is 0 Å². The van der Waals surface area contributed by atoms with E-state index in [1.165, 1.54) is 11.8 Å². The molecule has 27 heavy (non-hydrogen) atoms. The Morgan fingerprint density at radius 2 is 1.52 bits per heavy atom. The Morgan fingerprint density at radius 1 is 0.815 bits per heavy atom. The second-order valence-corrected chi connectivity index (χ2v) is 7.74. The van der Waals surface area contributed by atoms with Crippen molar-refractivity contribution in [1.82, 2.24) is 0 Å². The lowest BCUT2D eigenvalue weighted by Crippen LogP contribution is -2.59. The van der Waals surface area contributed by atoms with E-state index in [1.807, 2.05) is 60.7 Å². The predicted molar refractivity (Wildman–Crippen MR) is 96.1 cm³/mol. The average molecular weight is 386 g/mol. The molecule has 0 aliphatic carbocycles. The number of hydrogen-bond donors (Lipinski definition) is 0. The van der Waals surface area contributed by atoms with E-state index < -0.39 is 30.8 Å². The van der Waals surface area contributed by atoms with Crippen molar-refractivity contribution in [3.05, 3.63) is 66.2 Å². The van der Waals surface area contributed by atoms with Crippen LogP contribution in [0.5, 0.6) is 0 Å². The lowest BCUT2D eigenvalue weighted by molar-refractivity contribution is -0.305. The van der Waals surface area contributed by atoms with Crippen LogP contribution in [-0.4, -0.2) is 42.6 Å². The van der Waals surface area contributed by atoms with Crippen molar-refractivity contribution in [1.29, 1.82) is 0 Å². The van der Waals surface area contributed by atoms with Crippen LogP contribution in [0.25, 0.3) is 0 Å². The summed E-state index contributed by atoms with van der Waals surface area (Å²) < 4.78 is 29.1. The fraction of sp³-hybridized carbons (Fsp3) is 0.350. The van der Waals surface area contributed by atoms with Gasteiger partial charge in [0.05, 0.1) is 6.61 Å². The van der Waals surface area contributed by atoms with E-state index in [2.05, 4.69) is 0 Å². The van der Waals surface area contributed by atoms with Gasteiger partial charge in [0.15, 0.2) is 18.5 Å². The molecule has 0 bridgehead atoms. The Balaban J connectivity index is 1.37. The quantitative estimate of drug-likeness (QED) is 0.748. The maximum absolute atomic E-state index is 11.8. The first kappa shape index (κ1) is 17.1. The summed E-state index contributed by atoms with van der Waals surface area (Å²) in [4.78, 5) is 12.9. The Labute approximate surface area is 160 Å². The normalized spacial score (nSPS) is 34.9. The first-order valence-electron chi connectivity index (χ1n) is 8.84. The van der Waals surface area contributed by atoms with Crippen LogP contribution >= 0.6 is 11.8 Å². The second kappa shape index (κ2) is 7.16. The number of thioether (sulfide) groups is 1. The first-order valence-corrected chi connectivity index (χ1v) is 9.72. The maximum Gasteiger partial charge on any atom is 0.509 e. The number of fused-ring (bicyclic) bond motifs is 3. The van der Waals surface area contributed by atoms with E-state index in [0.717, 1.165) is 10.5 Å². The molecular formula is C20H18O6S. The Kier molecular flexibility index (Phi) is 4.53. The summed E-state index contributed by atoms with van der Waals surface area (Å²) in [6, 6.07) is 19.5. The van der Waals surface area contributed by atoms with Gasteiger partial charge in [0, 0.05) is 10.5 Å². The second-order valence-electron chi connectivity index (χ2n) is 6.57. The van der Waals surface area contributed by atoms with Gasteiger partial charge in [0.25, 0.3) is 0 Å². The van der Waals surface area contributed by atoms with Crippen molar-refractivity contribution < 1.29 is 28.5 Å². The van der Waals surface area contributed by atoms with Crippen LogP contribution in [0.3, 0.4) is 0 Å². The molecule has 0 amide bonds. The zero-order valence-electron chi connectivity index (χ0n) is 14.3. The highest BCUT2D eigenvalue weighted by Gasteiger charge is 2.57. The molecule has 3 heterocycles. The van der Waals surface area contributed by atoms with Crippen LogP contribution in [0.15, 0.2) is 65.6 Å². The summed E-state index contributed by atoms with van der Waals surface area (Å²) in [5.74, 6) is 0. The van der Waals surface area contributed by atoms with Crippen LogP contribution < -0.4 is 0 Å². The molecule has 1 unspecified atom stereocenters. The topological polar surface area (TPSA) is 63.2 Å². The molecular weight excluding hydrogens is 368 g/mol. The minimum atomic E-state index is -0.681. The number of carbonyl (C=O) groups excluding carboxylic acids is 1. The molecule has 0 radical (unpaired) electrons. The molecule has 2 aromatic rings. The van der Waals surface area contributed by atoms with Gasteiger partial charge in [-0.3, -0.25) is 0 Å². The zero-order chi connectivity index (χ0) is 18.2. The van der Waals surface area contributed by atoms with Gasteiger partial charge >= 0.3 is 6.16 Å². The van der Waals surface area contributed by atoms with Gasteiger partial charge in [-0.2, -0.15) is 0 Å². The third kappa shape index (κ3) is 3.32. The summed E-state index contributed by atoms with van der Waals surface area (Å²) in [6.45, 7) is 0.358. The molecule has 3 aliphatic heterocycles. The Bertz CT molecular complexity index is 801. The fourth-order valence-electron chi connectivity index (χ4n) is 3.56. The Hall–Kier alpha value is -2.06. The molecule has 0 N–H and O–H groups in total. The van der Waals surface area contributed by atoms with Gasteiger partial charge in [-0.15, -0.1) is 0 Å². The van der Waals surface area contributed by atoms with Crippen molar-refractivity contribution in [3.8, 4) is 0 Å². The predicted octanol–water partition coefficient (Wildman–Crippen LogP) is 3.52. The van der Waals surface area contributed by atoms with Crippen LogP contribution in [0.1, 0.15) is 11.9 Å². The highest BCUT2D eigenvalue weighted by atomic mass is 32.2. The number of carbonyl (C=O) groups is 1. The zero-order valence-corrected chi connectivity index (χ0v) is 15.1. The molecule has 140 valence electrons. The minimum absolute atomic E-state index is 0.332. The van der Waals surface area contributed by atoms with Crippen molar-refractivity contribution >= 4 is 17.9 Å². The minimum Gasteiger partial charge on any atom is -0.424 e.